The number of hydrogen-bond acceptors (Lipinski definition) is 5. The molecule has 2 N–H and O–H groups in total. The number of aromatic amines is 1. The summed E-state index contributed by atoms with van der Waals surface area (Å²) in [5.41, 5.74) is 3.05. The van der Waals surface area contributed by atoms with Gasteiger partial charge in [0, 0.05) is 29.1 Å². The van der Waals surface area contributed by atoms with Crippen molar-refractivity contribution in [3.63, 3.8) is 0 Å². The Morgan fingerprint density at radius 2 is 2.04 bits per heavy atom. The Morgan fingerprint density at radius 3 is 2.79 bits per heavy atom. The summed E-state index contributed by atoms with van der Waals surface area (Å²) in [4.78, 5) is 4.30. The summed E-state index contributed by atoms with van der Waals surface area (Å²) in [6.07, 6.45) is 6.37. The quantitative estimate of drug-likeness (QED) is 0.550. The highest BCUT2D eigenvalue weighted by Crippen LogP contribution is 2.43. The molecule has 1 aromatic carbocycles. The van der Waals surface area contributed by atoms with Crippen LogP contribution in [0.1, 0.15) is 25.0 Å². The van der Waals surface area contributed by atoms with Crippen molar-refractivity contribution in [3.8, 4) is 11.3 Å². The maximum Gasteiger partial charge on any atom is 0.148 e. The number of fused-ring (bicyclic) bond motifs is 1. The van der Waals surface area contributed by atoms with Crippen LogP contribution in [0.25, 0.3) is 22.2 Å². The van der Waals surface area contributed by atoms with E-state index in [0.29, 0.717) is 18.1 Å². The van der Waals surface area contributed by atoms with E-state index < -0.39 is 0 Å². The minimum atomic E-state index is -0.266. The van der Waals surface area contributed by atoms with Crippen LogP contribution in [0, 0.1) is 5.82 Å². The van der Waals surface area contributed by atoms with E-state index in [9.17, 15) is 4.39 Å². The minimum absolute atomic E-state index is 0.236. The van der Waals surface area contributed by atoms with Crippen LogP contribution >= 0.6 is 0 Å². The molecule has 1 saturated carbocycles. The van der Waals surface area contributed by atoms with Crippen LogP contribution in [0.5, 0.6) is 0 Å². The normalized spacial score (nSPS) is 15.3. The molecular weight excluding hydrogens is 355 g/mol. The van der Waals surface area contributed by atoms with Gasteiger partial charge in [0.05, 0.1) is 23.1 Å². The Kier molecular flexibility index (Phi) is 4.00. The number of halogens is 1. The van der Waals surface area contributed by atoms with Gasteiger partial charge >= 0.3 is 0 Å². The first-order valence-electron chi connectivity index (χ1n) is 9.36. The number of benzene rings is 1. The molecule has 0 spiro atoms. The third-order valence-corrected chi connectivity index (χ3v) is 5.58. The number of anilines is 1. The summed E-state index contributed by atoms with van der Waals surface area (Å²) in [6.45, 7) is 0.593. The molecule has 4 aromatic rings. The maximum absolute atomic E-state index is 14.2. The predicted molar refractivity (Wildman–Crippen MR) is 105 cm³/mol. The molecular formula is C21H19FN6. The third kappa shape index (κ3) is 2.89. The van der Waals surface area contributed by atoms with Gasteiger partial charge in [-0.3, -0.25) is 10.1 Å². The molecule has 1 aliphatic carbocycles. The second kappa shape index (κ2) is 6.67. The van der Waals surface area contributed by atoms with Gasteiger partial charge < -0.3 is 5.32 Å². The molecule has 5 rings (SSSR count). The fourth-order valence-electron chi connectivity index (χ4n) is 3.82. The number of nitrogens with one attached hydrogen (secondary N) is 2. The Bertz CT molecular complexity index is 1120. The molecule has 0 atom stereocenters. The minimum Gasteiger partial charge on any atom is -0.368 e. The van der Waals surface area contributed by atoms with Crippen molar-refractivity contribution < 1.29 is 4.39 Å². The summed E-state index contributed by atoms with van der Waals surface area (Å²) in [7, 11) is 0. The van der Waals surface area contributed by atoms with Crippen molar-refractivity contribution in [1.82, 2.24) is 25.4 Å². The standard InChI is InChI=1S/C21H19FN6/c22-16-3-1-10-23-20(16)21(8-2-9-21)13-24-19-7-6-17(27-28-19)14-4-5-18-15(11-14)12-25-26-18/h1,3-7,10-12H,2,8-9,13H2,(H,24,28)(H,25,26). The highest BCUT2D eigenvalue weighted by molar-refractivity contribution is 5.83. The Labute approximate surface area is 161 Å². The van der Waals surface area contributed by atoms with Crippen LogP contribution in [0.15, 0.2) is 54.9 Å². The molecule has 3 heterocycles. The lowest BCUT2D eigenvalue weighted by atomic mass is 9.66. The van der Waals surface area contributed by atoms with E-state index in [-0.39, 0.29) is 11.2 Å². The van der Waals surface area contributed by atoms with E-state index in [4.69, 9.17) is 0 Å². The van der Waals surface area contributed by atoms with Gasteiger partial charge in [0.25, 0.3) is 0 Å². The summed E-state index contributed by atoms with van der Waals surface area (Å²) < 4.78 is 14.2. The fourth-order valence-corrected chi connectivity index (χ4v) is 3.82. The van der Waals surface area contributed by atoms with E-state index in [1.807, 2.05) is 30.3 Å². The molecule has 7 heteroatoms. The molecule has 0 saturated heterocycles. The van der Waals surface area contributed by atoms with Gasteiger partial charge in [-0.1, -0.05) is 12.5 Å². The second-order valence-corrected chi connectivity index (χ2v) is 7.30. The van der Waals surface area contributed by atoms with Crippen molar-refractivity contribution in [2.45, 2.75) is 24.7 Å². The summed E-state index contributed by atoms with van der Waals surface area (Å²) in [6, 6.07) is 13.0. The van der Waals surface area contributed by atoms with E-state index in [2.05, 4.69) is 30.7 Å². The van der Waals surface area contributed by atoms with Crippen LogP contribution < -0.4 is 5.32 Å². The highest BCUT2D eigenvalue weighted by Gasteiger charge is 2.41. The number of nitrogens with zero attached hydrogens (tertiary/aromatic N) is 4. The first kappa shape index (κ1) is 16.8. The molecule has 6 nitrogen and oxygen atoms in total. The van der Waals surface area contributed by atoms with Crippen molar-refractivity contribution >= 4 is 16.7 Å². The number of hydrogen-bond donors (Lipinski definition) is 2. The van der Waals surface area contributed by atoms with Crippen LogP contribution in [-0.2, 0) is 5.41 Å². The average molecular weight is 374 g/mol. The van der Waals surface area contributed by atoms with Crippen molar-refractivity contribution in [1.29, 1.82) is 0 Å². The van der Waals surface area contributed by atoms with E-state index in [1.165, 1.54) is 6.07 Å². The Balaban J connectivity index is 1.33. The molecule has 3 aromatic heterocycles. The van der Waals surface area contributed by atoms with Crippen LogP contribution in [0.4, 0.5) is 10.2 Å². The first-order valence-corrected chi connectivity index (χ1v) is 9.36. The van der Waals surface area contributed by atoms with Crippen molar-refractivity contribution in [3.05, 3.63) is 66.4 Å². The second-order valence-electron chi connectivity index (χ2n) is 7.30. The van der Waals surface area contributed by atoms with Gasteiger partial charge in [0.15, 0.2) is 0 Å². The largest absolute Gasteiger partial charge is 0.368 e. The molecule has 0 bridgehead atoms. The third-order valence-electron chi connectivity index (χ3n) is 5.58. The molecule has 140 valence electrons. The number of pyridine rings is 1. The van der Waals surface area contributed by atoms with E-state index in [0.717, 1.165) is 41.4 Å². The summed E-state index contributed by atoms with van der Waals surface area (Å²) in [5, 5.41) is 20.0. The number of rotatable bonds is 5. The summed E-state index contributed by atoms with van der Waals surface area (Å²) >= 11 is 0. The zero-order valence-corrected chi connectivity index (χ0v) is 15.2. The van der Waals surface area contributed by atoms with Gasteiger partial charge in [-0.25, -0.2) is 4.39 Å². The number of aromatic nitrogens is 5. The molecule has 0 radical (unpaired) electrons. The summed E-state index contributed by atoms with van der Waals surface area (Å²) in [5.74, 6) is 0.441. The Hall–Kier alpha value is -3.35. The Morgan fingerprint density at radius 1 is 1.11 bits per heavy atom. The molecule has 28 heavy (non-hydrogen) atoms. The molecule has 1 aliphatic rings. The highest BCUT2D eigenvalue weighted by atomic mass is 19.1. The monoisotopic (exact) mass is 374 g/mol. The molecule has 0 amide bonds. The lowest BCUT2D eigenvalue weighted by Gasteiger charge is -2.41. The van der Waals surface area contributed by atoms with Gasteiger partial charge in [-0.05, 0) is 49.2 Å². The van der Waals surface area contributed by atoms with Gasteiger partial charge in [0.1, 0.15) is 11.6 Å². The number of H-pyrrole nitrogens is 1. The van der Waals surface area contributed by atoms with Crippen LogP contribution in [0.2, 0.25) is 0 Å². The van der Waals surface area contributed by atoms with Crippen LogP contribution in [0.3, 0.4) is 0 Å². The first-order chi connectivity index (χ1) is 13.7. The van der Waals surface area contributed by atoms with E-state index in [1.54, 1.807) is 18.5 Å². The average Bonchev–Trinajstić information content (AvgIpc) is 3.17. The molecule has 1 fully saturated rings. The molecule has 0 unspecified atom stereocenters. The predicted octanol–water partition coefficient (Wildman–Crippen LogP) is 4.09. The van der Waals surface area contributed by atoms with Crippen LogP contribution in [-0.4, -0.2) is 31.9 Å². The molecule has 0 aliphatic heterocycles. The van der Waals surface area contributed by atoms with Gasteiger partial charge in [0.2, 0.25) is 0 Å². The van der Waals surface area contributed by atoms with Gasteiger partial charge in [-0.15, -0.1) is 10.2 Å². The van der Waals surface area contributed by atoms with Crippen molar-refractivity contribution in [2.24, 2.45) is 0 Å². The zero-order valence-electron chi connectivity index (χ0n) is 15.2. The lowest BCUT2D eigenvalue weighted by molar-refractivity contribution is 0.243. The van der Waals surface area contributed by atoms with Gasteiger partial charge in [-0.2, -0.15) is 5.10 Å². The smallest absolute Gasteiger partial charge is 0.148 e. The van der Waals surface area contributed by atoms with E-state index >= 15 is 0 Å². The SMILES string of the molecule is Fc1cccnc1C1(CNc2ccc(-c3ccc4[nH]ncc4c3)nn2)CCC1. The lowest BCUT2D eigenvalue weighted by Crippen LogP contribution is -2.42. The maximum atomic E-state index is 14.2. The topological polar surface area (TPSA) is 79.4 Å². The van der Waals surface area contributed by atoms with Crippen molar-refractivity contribution in [2.75, 3.05) is 11.9 Å². The fraction of sp³-hybridized carbons (Fsp3) is 0.238. The zero-order chi connectivity index (χ0) is 19.0.